The van der Waals surface area contributed by atoms with Crippen molar-refractivity contribution in [3.05, 3.63) is 40.9 Å². The first-order valence-corrected chi connectivity index (χ1v) is 11.5. The number of ether oxygens (including phenoxy) is 2. The van der Waals surface area contributed by atoms with Crippen LogP contribution in [0.2, 0.25) is 0 Å². The van der Waals surface area contributed by atoms with E-state index in [4.69, 9.17) is 21.7 Å². The van der Waals surface area contributed by atoms with Crippen molar-refractivity contribution in [2.45, 2.75) is 25.5 Å². The summed E-state index contributed by atoms with van der Waals surface area (Å²) in [4.78, 5) is 27.5. The average Bonchev–Trinajstić information content (AvgIpc) is 3.45. The first kappa shape index (κ1) is 22.0. The SMILES string of the molecule is COCCNC(=O)Cn1cc(/C=C2\SC(=S)N(C[C@H]3CCCO3)C2=O)c2ccccc21. The van der Waals surface area contributed by atoms with E-state index in [1.807, 2.05) is 41.1 Å². The van der Waals surface area contributed by atoms with Gasteiger partial charge in [0.25, 0.3) is 5.91 Å². The summed E-state index contributed by atoms with van der Waals surface area (Å²) in [6, 6.07) is 7.85. The summed E-state index contributed by atoms with van der Waals surface area (Å²) in [5.41, 5.74) is 1.82. The molecule has 1 aromatic heterocycles. The molecule has 0 spiro atoms. The van der Waals surface area contributed by atoms with E-state index in [9.17, 15) is 9.59 Å². The number of aromatic nitrogens is 1. The number of carbonyl (C=O) groups is 2. The highest BCUT2D eigenvalue weighted by molar-refractivity contribution is 8.26. The van der Waals surface area contributed by atoms with Gasteiger partial charge in [-0.15, -0.1) is 0 Å². The molecule has 0 radical (unpaired) electrons. The smallest absolute Gasteiger partial charge is 0.266 e. The predicted molar refractivity (Wildman–Crippen MR) is 126 cm³/mol. The number of rotatable bonds is 8. The predicted octanol–water partition coefficient (Wildman–Crippen LogP) is 2.78. The Labute approximate surface area is 190 Å². The number of amides is 2. The molecule has 3 heterocycles. The van der Waals surface area contributed by atoms with E-state index in [-0.39, 0.29) is 24.5 Å². The molecule has 2 aliphatic heterocycles. The Morgan fingerprint density at radius 1 is 1.42 bits per heavy atom. The second-order valence-corrected chi connectivity index (χ2v) is 9.18. The fraction of sp³-hybridized carbons (Fsp3) is 0.409. The van der Waals surface area contributed by atoms with Gasteiger partial charge in [0.05, 0.1) is 24.2 Å². The molecule has 2 fully saturated rings. The van der Waals surface area contributed by atoms with Crippen molar-refractivity contribution < 1.29 is 19.1 Å². The van der Waals surface area contributed by atoms with Crippen molar-refractivity contribution >= 4 is 57.1 Å². The van der Waals surface area contributed by atoms with Crippen LogP contribution in [-0.2, 0) is 25.6 Å². The van der Waals surface area contributed by atoms with Gasteiger partial charge in [-0.2, -0.15) is 0 Å². The van der Waals surface area contributed by atoms with Gasteiger partial charge >= 0.3 is 0 Å². The van der Waals surface area contributed by atoms with E-state index in [2.05, 4.69) is 5.32 Å². The average molecular weight is 460 g/mol. The first-order chi connectivity index (χ1) is 15.1. The Morgan fingerprint density at radius 2 is 2.26 bits per heavy atom. The fourth-order valence-electron chi connectivity index (χ4n) is 3.81. The summed E-state index contributed by atoms with van der Waals surface area (Å²) in [7, 11) is 1.60. The van der Waals surface area contributed by atoms with Crippen molar-refractivity contribution in [1.82, 2.24) is 14.8 Å². The molecule has 7 nitrogen and oxygen atoms in total. The molecule has 9 heteroatoms. The van der Waals surface area contributed by atoms with Crippen LogP contribution in [0.1, 0.15) is 18.4 Å². The number of carbonyl (C=O) groups excluding carboxylic acids is 2. The topological polar surface area (TPSA) is 72.8 Å². The van der Waals surface area contributed by atoms with Crippen LogP contribution >= 0.6 is 24.0 Å². The Hall–Kier alpha value is -2.20. The van der Waals surface area contributed by atoms with E-state index in [1.165, 1.54) is 11.8 Å². The summed E-state index contributed by atoms with van der Waals surface area (Å²) >= 11 is 6.77. The van der Waals surface area contributed by atoms with Gasteiger partial charge in [-0.05, 0) is 25.0 Å². The number of hydrogen-bond donors (Lipinski definition) is 1. The van der Waals surface area contributed by atoms with Crippen molar-refractivity contribution in [3.63, 3.8) is 0 Å². The van der Waals surface area contributed by atoms with Crippen molar-refractivity contribution in [1.29, 1.82) is 0 Å². The van der Waals surface area contributed by atoms with Gasteiger partial charge in [0.1, 0.15) is 10.9 Å². The largest absolute Gasteiger partial charge is 0.383 e. The monoisotopic (exact) mass is 459 g/mol. The number of hydrogen-bond acceptors (Lipinski definition) is 6. The molecular formula is C22H25N3O4S2. The molecule has 1 atom stereocenters. The number of nitrogens with zero attached hydrogens (tertiary/aromatic N) is 2. The molecule has 2 saturated heterocycles. The molecule has 0 saturated carbocycles. The minimum absolute atomic E-state index is 0.0559. The summed E-state index contributed by atoms with van der Waals surface area (Å²) < 4.78 is 13.1. The van der Waals surface area contributed by atoms with Gasteiger partial charge in [-0.1, -0.05) is 42.2 Å². The van der Waals surface area contributed by atoms with Crippen LogP contribution < -0.4 is 5.32 Å². The van der Waals surface area contributed by atoms with Crippen LogP contribution in [0, 0.1) is 0 Å². The van der Waals surface area contributed by atoms with Crippen molar-refractivity contribution in [2.75, 3.05) is 33.4 Å². The molecule has 31 heavy (non-hydrogen) atoms. The molecule has 2 aromatic rings. The van der Waals surface area contributed by atoms with E-state index in [1.54, 1.807) is 12.0 Å². The molecule has 1 aromatic carbocycles. The second kappa shape index (κ2) is 9.95. The zero-order valence-electron chi connectivity index (χ0n) is 17.3. The molecule has 0 aliphatic carbocycles. The van der Waals surface area contributed by atoms with Crippen molar-refractivity contribution in [2.24, 2.45) is 0 Å². The van der Waals surface area contributed by atoms with E-state index in [0.717, 1.165) is 35.9 Å². The minimum atomic E-state index is -0.0905. The third-order valence-corrected chi connectivity index (χ3v) is 6.71. The number of thioether (sulfide) groups is 1. The zero-order chi connectivity index (χ0) is 21.8. The maximum atomic E-state index is 13.0. The van der Waals surface area contributed by atoms with Gasteiger partial charge < -0.3 is 19.4 Å². The van der Waals surface area contributed by atoms with Gasteiger partial charge in [-0.3, -0.25) is 14.5 Å². The van der Waals surface area contributed by atoms with Gasteiger partial charge in [0.2, 0.25) is 5.91 Å². The van der Waals surface area contributed by atoms with Crippen LogP contribution in [-0.4, -0.2) is 65.1 Å². The van der Waals surface area contributed by atoms with Crippen LogP contribution in [0.5, 0.6) is 0 Å². The molecule has 1 N–H and O–H groups in total. The van der Waals surface area contributed by atoms with Gasteiger partial charge in [0.15, 0.2) is 0 Å². The molecule has 164 valence electrons. The highest BCUT2D eigenvalue weighted by Gasteiger charge is 2.34. The third-order valence-electron chi connectivity index (χ3n) is 5.33. The molecule has 0 bridgehead atoms. The fourth-order valence-corrected chi connectivity index (χ4v) is 5.08. The Bertz CT molecular complexity index is 1030. The van der Waals surface area contributed by atoms with E-state index >= 15 is 0 Å². The van der Waals surface area contributed by atoms with E-state index < -0.39 is 0 Å². The highest BCUT2D eigenvalue weighted by Crippen LogP contribution is 2.35. The lowest BCUT2D eigenvalue weighted by Gasteiger charge is -2.18. The number of methoxy groups -OCH3 is 1. The van der Waals surface area contributed by atoms with Crippen LogP contribution in [0.3, 0.4) is 0 Å². The number of fused-ring (bicyclic) bond motifs is 1. The quantitative estimate of drug-likeness (QED) is 0.372. The Balaban J connectivity index is 1.55. The van der Waals surface area contributed by atoms with Gasteiger partial charge in [-0.25, -0.2) is 0 Å². The molecule has 2 amide bonds. The lowest BCUT2D eigenvalue weighted by molar-refractivity contribution is -0.123. The lowest BCUT2D eigenvalue weighted by atomic mass is 10.1. The third kappa shape index (κ3) is 5.01. The number of benzene rings is 1. The first-order valence-electron chi connectivity index (χ1n) is 10.3. The number of para-hydroxylation sites is 1. The second-order valence-electron chi connectivity index (χ2n) is 7.50. The molecule has 2 aliphatic rings. The minimum Gasteiger partial charge on any atom is -0.383 e. The molecular weight excluding hydrogens is 434 g/mol. The molecule has 4 rings (SSSR count). The number of nitrogens with one attached hydrogen (secondary N) is 1. The van der Waals surface area contributed by atoms with Gasteiger partial charge in [0, 0.05) is 42.9 Å². The Kier molecular flexibility index (Phi) is 7.06. The van der Waals surface area contributed by atoms with Crippen LogP contribution in [0.25, 0.3) is 17.0 Å². The maximum absolute atomic E-state index is 13.0. The van der Waals surface area contributed by atoms with E-state index in [0.29, 0.717) is 28.9 Å². The molecule has 0 unspecified atom stereocenters. The highest BCUT2D eigenvalue weighted by atomic mass is 32.2. The summed E-state index contributed by atoms with van der Waals surface area (Å²) in [6.07, 6.45) is 5.81. The lowest BCUT2D eigenvalue weighted by Crippen LogP contribution is -2.35. The standard InChI is InChI=1S/C22H25N3O4S2/c1-28-10-8-23-20(26)14-24-12-15(17-6-2-3-7-18(17)24)11-19-21(27)25(22(30)31-19)13-16-5-4-9-29-16/h2-3,6-7,11-12,16H,4-5,8-10,13-14H2,1H3,(H,23,26)/b19-11-/t16-/m1/s1. The normalized spacial score (nSPS) is 20.4. The van der Waals surface area contributed by atoms with Crippen LogP contribution in [0.15, 0.2) is 35.4 Å². The Morgan fingerprint density at radius 3 is 3.03 bits per heavy atom. The number of thiocarbonyl (C=S) groups is 1. The summed E-state index contributed by atoms with van der Waals surface area (Å²) in [6.45, 7) is 2.38. The zero-order valence-corrected chi connectivity index (χ0v) is 19.0. The maximum Gasteiger partial charge on any atom is 0.266 e. The van der Waals surface area contributed by atoms with Crippen LogP contribution in [0.4, 0.5) is 0 Å². The summed E-state index contributed by atoms with van der Waals surface area (Å²) in [5.74, 6) is -0.174. The summed E-state index contributed by atoms with van der Waals surface area (Å²) in [5, 5.41) is 3.82. The van der Waals surface area contributed by atoms with Crippen molar-refractivity contribution in [3.8, 4) is 0 Å².